The van der Waals surface area contributed by atoms with Crippen LogP contribution in [0, 0.1) is 17.0 Å². The van der Waals surface area contributed by atoms with Gasteiger partial charge in [0.15, 0.2) is 5.76 Å². The van der Waals surface area contributed by atoms with Gasteiger partial charge in [-0.15, -0.1) is 0 Å². The molecule has 2 aromatic carbocycles. The van der Waals surface area contributed by atoms with Crippen LogP contribution in [0.4, 0.5) is 11.5 Å². The number of hydrogen-bond acceptors (Lipinski definition) is 5. The lowest BCUT2D eigenvalue weighted by molar-refractivity contribution is -0.384. The van der Waals surface area contributed by atoms with E-state index in [1.807, 2.05) is 18.2 Å². The normalized spacial score (nSPS) is 10.9. The lowest BCUT2D eigenvalue weighted by Crippen LogP contribution is -2.14. The molecule has 27 heavy (non-hydrogen) atoms. The Kier molecular flexibility index (Phi) is 3.92. The number of nitrogens with one attached hydrogen (secondary N) is 1. The molecule has 0 radical (unpaired) electrons. The number of non-ortho nitro benzene ring substituents is 1. The molecule has 0 bridgehead atoms. The Labute approximate surface area is 153 Å². The van der Waals surface area contributed by atoms with Gasteiger partial charge < -0.3 is 9.73 Å². The number of carbonyl (C=O) groups excluding carboxylic acids is 1. The number of hydrogen-bond donors (Lipinski definition) is 1. The summed E-state index contributed by atoms with van der Waals surface area (Å²) in [5.74, 6) is 0.214. The summed E-state index contributed by atoms with van der Waals surface area (Å²) in [6, 6.07) is 16.6. The number of amides is 1. The summed E-state index contributed by atoms with van der Waals surface area (Å²) in [5.41, 5.74) is 1.89. The fourth-order valence-electron chi connectivity index (χ4n) is 2.77. The number of carbonyl (C=O) groups is 1. The first-order chi connectivity index (χ1) is 13.0. The first kappa shape index (κ1) is 16.5. The topological polar surface area (TPSA) is 103 Å². The number of aryl methyl sites for hydroxylation is 1. The Bertz CT molecular complexity index is 1130. The van der Waals surface area contributed by atoms with Gasteiger partial charge in [-0.2, -0.15) is 5.10 Å². The Balaban J connectivity index is 1.64. The Hall–Kier alpha value is -3.94. The number of aromatic nitrogens is 2. The Morgan fingerprint density at radius 1 is 1.15 bits per heavy atom. The van der Waals surface area contributed by atoms with Gasteiger partial charge >= 0.3 is 0 Å². The van der Waals surface area contributed by atoms with Crippen LogP contribution in [0.1, 0.15) is 16.2 Å². The molecule has 0 saturated heterocycles. The molecule has 0 aliphatic rings. The molecule has 2 aromatic heterocycles. The molecule has 0 spiro atoms. The van der Waals surface area contributed by atoms with E-state index in [0.717, 1.165) is 5.39 Å². The van der Waals surface area contributed by atoms with Crippen molar-refractivity contribution in [2.45, 2.75) is 6.92 Å². The molecule has 0 fully saturated rings. The standard InChI is InChI=1S/C19H14N4O4/c1-12-10-18(22(21-12)14-6-8-15(9-7-14)23(25)26)20-19(24)17-11-13-4-2-3-5-16(13)27-17/h2-11H,1H3,(H,20,24). The van der Waals surface area contributed by atoms with Gasteiger partial charge in [-0.1, -0.05) is 18.2 Å². The van der Waals surface area contributed by atoms with E-state index in [9.17, 15) is 14.9 Å². The van der Waals surface area contributed by atoms with E-state index in [0.29, 0.717) is 22.8 Å². The van der Waals surface area contributed by atoms with Gasteiger partial charge in [0.05, 0.1) is 16.3 Å². The van der Waals surface area contributed by atoms with E-state index in [1.165, 1.54) is 16.8 Å². The number of furan rings is 1. The summed E-state index contributed by atoms with van der Waals surface area (Å²) in [4.78, 5) is 22.9. The highest BCUT2D eigenvalue weighted by atomic mass is 16.6. The van der Waals surface area contributed by atoms with Crippen LogP contribution in [-0.4, -0.2) is 20.6 Å². The van der Waals surface area contributed by atoms with Crippen LogP contribution in [0.3, 0.4) is 0 Å². The van der Waals surface area contributed by atoms with Crippen molar-refractivity contribution in [3.63, 3.8) is 0 Å². The molecule has 8 nitrogen and oxygen atoms in total. The number of benzene rings is 2. The van der Waals surface area contributed by atoms with Crippen LogP contribution >= 0.6 is 0 Å². The van der Waals surface area contributed by atoms with Crippen LogP contribution in [0.5, 0.6) is 0 Å². The summed E-state index contributed by atoms with van der Waals surface area (Å²) in [6.45, 7) is 1.79. The molecule has 0 saturated carbocycles. The predicted molar refractivity (Wildman–Crippen MR) is 99.1 cm³/mol. The molecular weight excluding hydrogens is 348 g/mol. The van der Waals surface area contributed by atoms with Crippen molar-refractivity contribution in [2.24, 2.45) is 0 Å². The van der Waals surface area contributed by atoms with Crippen molar-refractivity contribution in [1.29, 1.82) is 0 Å². The highest BCUT2D eigenvalue weighted by Crippen LogP contribution is 2.23. The summed E-state index contributed by atoms with van der Waals surface area (Å²) in [7, 11) is 0. The third-order valence-electron chi connectivity index (χ3n) is 4.03. The van der Waals surface area contributed by atoms with Crippen LogP contribution in [0.25, 0.3) is 16.7 Å². The SMILES string of the molecule is Cc1cc(NC(=O)c2cc3ccccc3o2)n(-c2ccc([N+](=O)[O-])cc2)n1. The number of anilines is 1. The molecule has 0 atom stereocenters. The predicted octanol–water partition coefficient (Wildman–Crippen LogP) is 4.09. The molecule has 4 aromatic rings. The number of nitro groups is 1. The Morgan fingerprint density at radius 2 is 1.89 bits per heavy atom. The fourth-order valence-corrected chi connectivity index (χ4v) is 2.77. The zero-order valence-corrected chi connectivity index (χ0v) is 14.2. The van der Waals surface area contributed by atoms with Gasteiger partial charge in [-0.05, 0) is 31.2 Å². The maximum atomic E-state index is 12.6. The van der Waals surface area contributed by atoms with Gasteiger partial charge in [-0.25, -0.2) is 4.68 Å². The molecule has 1 N–H and O–H groups in total. The van der Waals surface area contributed by atoms with Gasteiger partial charge in [0.1, 0.15) is 11.4 Å². The van der Waals surface area contributed by atoms with Crippen LogP contribution in [0.15, 0.2) is 65.1 Å². The van der Waals surface area contributed by atoms with E-state index >= 15 is 0 Å². The third kappa shape index (κ3) is 3.15. The molecule has 134 valence electrons. The second kappa shape index (κ2) is 6.41. The molecule has 2 heterocycles. The number of para-hydroxylation sites is 1. The van der Waals surface area contributed by atoms with Gasteiger partial charge in [0.2, 0.25) is 0 Å². The number of rotatable bonds is 4. The van der Waals surface area contributed by atoms with Crippen molar-refractivity contribution in [3.8, 4) is 5.69 Å². The zero-order chi connectivity index (χ0) is 19.0. The second-order valence-electron chi connectivity index (χ2n) is 5.96. The number of nitrogens with zero attached hydrogens (tertiary/aromatic N) is 3. The quantitative estimate of drug-likeness (QED) is 0.435. The summed E-state index contributed by atoms with van der Waals surface area (Å²) in [6.07, 6.45) is 0. The van der Waals surface area contributed by atoms with Gasteiger partial charge in [0.25, 0.3) is 11.6 Å². The minimum absolute atomic E-state index is 0.0181. The first-order valence-electron chi connectivity index (χ1n) is 8.13. The molecule has 0 aliphatic heterocycles. The van der Waals surface area contributed by atoms with E-state index in [1.54, 1.807) is 37.3 Å². The largest absolute Gasteiger partial charge is 0.451 e. The molecule has 1 amide bonds. The first-order valence-corrected chi connectivity index (χ1v) is 8.13. The van der Waals surface area contributed by atoms with Crippen molar-refractivity contribution in [1.82, 2.24) is 9.78 Å². The maximum Gasteiger partial charge on any atom is 0.292 e. The lowest BCUT2D eigenvalue weighted by atomic mass is 10.2. The minimum atomic E-state index is -0.470. The van der Waals surface area contributed by atoms with Crippen LogP contribution in [-0.2, 0) is 0 Å². The minimum Gasteiger partial charge on any atom is -0.451 e. The van der Waals surface area contributed by atoms with Crippen molar-refractivity contribution in [3.05, 3.63) is 82.2 Å². The van der Waals surface area contributed by atoms with Crippen molar-refractivity contribution in [2.75, 3.05) is 5.32 Å². The molecule has 0 aliphatic carbocycles. The average molecular weight is 362 g/mol. The lowest BCUT2D eigenvalue weighted by Gasteiger charge is -2.07. The zero-order valence-electron chi connectivity index (χ0n) is 14.2. The van der Waals surface area contributed by atoms with E-state index in [4.69, 9.17) is 4.42 Å². The van der Waals surface area contributed by atoms with E-state index in [2.05, 4.69) is 10.4 Å². The Morgan fingerprint density at radius 3 is 2.59 bits per heavy atom. The summed E-state index contributed by atoms with van der Waals surface area (Å²) < 4.78 is 7.09. The van der Waals surface area contributed by atoms with Crippen molar-refractivity contribution < 1.29 is 14.1 Å². The number of nitro benzene ring substituents is 1. The summed E-state index contributed by atoms with van der Waals surface area (Å²) in [5, 5.41) is 18.8. The van der Waals surface area contributed by atoms with E-state index < -0.39 is 10.8 Å². The molecular formula is C19H14N4O4. The maximum absolute atomic E-state index is 12.6. The fraction of sp³-hybridized carbons (Fsp3) is 0.0526. The highest BCUT2D eigenvalue weighted by Gasteiger charge is 2.16. The molecule has 4 rings (SSSR count). The number of fused-ring (bicyclic) bond motifs is 1. The second-order valence-corrected chi connectivity index (χ2v) is 5.96. The molecule has 8 heteroatoms. The highest BCUT2D eigenvalue weighted by molar-refractivity contribution is 6.04. The van der Waals surface area contributed by atoms with Gasteiger partial charge in [0, 0.05) is 23.6 Å². The smallest absolute Gasteiger partial charge is 0.292 e. The monoisotopic (exact) mass is 362 g/mol. The van der Waals surface area contributed by atoms with E-state index in [-0.39, 0.29) is 11.4 Å². The van der Waals surface area contributed by atoms with Crippen molar-refractivity contribution >= 4 is 28.4 Å². The van der Waals surface area contributed by atoms with Crippen LogP contribution < -0.4 is 5.32 Å². The summed E-state index contributed by atoms with van der Waals surface area (Å²) >= 11 is 0. The third-order valence-corrected chi connectivity index (χ3v) is 4.03. The van der Waals surface area contributed by atoms with Crippen LogP contribution in [0.2, 0.25) is 0 Å². The van der Waals surface area contributed by atoms with Gasteiger partial charge in [-0.3, -0.25) is 14.9 Å². The molecule has 0 unspecified atom stereocenters. The average Bonchev–Trinajstić information content (AvgIpc) is 3.25.